The van der Waals surface area contributed by atoms with Crippen molar-refractivity contribution in [3.8, 4) is 0 Å². The van der Waals surface area contributed by atoms with E-state index in [0.717, 1.165) is 35.2 Å². The van der Waals surface area contributed by atoms with Crippen LogP contribution in [0.1, 0.15) is 11.6 Å². The number of imidazole rings is 1. The van der Waals surface area contributed by atoms with Gasteiger partial charge in [-0.05, 0) is 12.1 Å². The largest absolute Gasteiger partial charge is 0.372 e. The number of nitrogens with zero attached hydrogens (tertiary/aromatic N) is 4. The van der Waals surface area contributed by atoms with Crippen LogP contribution in [0.15, 0.2) is 24.3 Å². The smallest absolute Gasteiger partial charge is 0.201 e. The van der Waals surface area contributed by atoms with Gasteiger partial charge in [0, 0.05) is 6.54 Å². The lowest BCUT2D eigenvalue weighted by Crippen LogP contribution is -2.19. The third-order valence-electron chi connectivity index (χ3n) is 3.40. The first-order valence-corrected chi connectivity index (χ1v) is 6.57. The molecule has 0 saturated heterocycles. The molecule has 0 bridgehead atoms. The van der Waals surface area contributed by atoms with Gasteiger partial charge in [0.2, 0.25) is 5.95 Å². The van der Waals surface area contributed by atoms with E-state index in [1.165, 1.54) is 0 Å². The first-order chi connectivity index (χ1) is 9.90. The van der Waals surface area contributed by atoms with E-state index in [2.05, 4.69) is 30.0 Å². The van der Waals surface area contributed by atoms with Gasteiger partial charge in [0.05, 0.1) is 24.2 Å². The van der Waals surface area contributed by atoms with Gasteiger partial charge in [0.1, 0.15) is 6.61 Å². The van der Waals surface area contributed by atoms with E-state index in [-0.39, 0.29) is 0 Å². The van der Waals surface area contributed by atoms with Gasteiger partial charge in [-0.1, -0.05) is 12.1 Å². The van der Waals surface area contributed by atoms with Crippen molar-refractivity contribution in [3.05, 3.63) is 35.9 Å². The minimum Gasteiger partial charge on any atom is -0.372 e. The number of rotatable bonds is 3. The molecule has 7 heteroatoms. The SMILES string of the molecule is c1ccc2[nH]c(NCc3nnc4n3CCOC4)nc2c1. The molecule has 20 heavy (non-hydrogen) atoms. The molecule has 2 N–H and O–H groups in total. The van der Waals surface area contributed by atoms with Crippen molar-refractivity contribution in [1.82, 2.24) is 24.7 Å². The lowest BCUT2D eigenvalue weighted by Gasteiger charge is -2.15. The number of anilines is 1. The second-order valence-corrected chi connectivity index (χ2v) is 4.69. The molecule has 102 valence electrons. The minimum atomic E-state index is 0.539. The van der Waals surface area contributed by atoms with E-state index in [1.807, 2.05) is 24.3 Å². The van der Waals surface area contributed by atoms with Crippen LogP contribution in [-0.4, -0.2) is 31.3 Å². The summed E-state index contributed by atoms with van der Waals surface area (Å²) < 4.78 is 7.45. The van der Waals surface area contributed by atoms with Crippen LogP contribution in [0, 0.1) is 0 Å². The highest BCUT2D eigenvalue weighted by Gasteiger charge is 2.15. The maximum atomic E-state index is 5.35. The monoisotopic (exact) mass is 270 g/mol. The van der Waals surface area contributed by atoms with Crippen molar-refractivity contribution in [2.24, 2.45) is 0 Å². The second-order valence-electron chi connectivity index (χ2n) is 4.69. The zero-order valence-electron chi connectivity index (χ0n) is 10.8. The zero-order chi connectivity index (χ0) is 13.4. The van der Waals surface area contributed by atoms with Crippen LogP contribution in [-0.2, 0) is 24.4 Å². The number of nitrogens with one attached hydrogen (secondary N) is 2. The molecule has 0 atom stereocenters. The third kappa shape index (κ3) is 1.92. The second kappa shape index (κ2) is 4.61. The van der Waals surface area contributed by atoms with E-state index in [1.54, 1.807) is 0 Å². The number of benzene rings is 1. The first kappa shape index (κ1) is 11.4. The minimum absolute atomic E-state index is 0.539. The number of aromatic nitrogens is 5. The highest BCUT2D eigenvalue weighted by atomic mass is 16.5. The number of para-hydroxylation sites is 2. The summed E-state index contributed by atoms with van der Waals surface area (Å²) in [5, 5.41) is 11.6. The van der Waals surface area contributed by atoms with Crippen LogP contribution < -0.4 is 5.32 Å². The predicted octanol–water partition coefficient (Wildman–Crippen LogP) is 1.30. The Kier molecular flexibility index (Phi) is 2.63. The Hall–Kier alpha value is -2.41. The summed E-state index contributed by atoms with van der Waals surface area (Å²) in [4.78, 5) is 7.71. The van der Waals surface area contributed by atoms with Gasteiger partial charge < -0.3 is 19.6 Å². The average Bonchev–Trinajstić information content (AvgIpc) is 3.08. The number of H-pyrrole nitrogens is 1. The lowest BCUT2D eigenvalue weighted by atomic mass is 10.3. The van der Waals surface area contributed by atoms with E-state index in [0.29, 0.717) is 19.8 Å². The van der Waals surface area contributed by atoms with Gasteiger partial charge in [-0.2, -0.15) is 0 Å². The van der Waals surface area contributed by atoms with Crippen molar-refractivity contribution in [1.29, 1.82) is 0 Å². The van der Waals surface area contributed by atoms with E-state index < -0.39 is 0 Å². The van der Waals surface area contributed by atoms with E-state index >= 15 is 0 Å². The molecule has 4 rings (SSSR count). The van der Waals surface area contributed by atoms with Crippen molar-refractivity contribution >= 4 is 17.0 Å². The fourth-order valence-corrected chi connectivity index (χ4v) is 2.39. The summed E-state index contributed by atoms with van der Waals surface area (Å²) in [6.07, 6.45) is 0. The van der Waals surface area contributed by atoms with E-state index in [4.69, 9.17) is 4.74 Å². The van der Waals surface area contributed by atoms with Gasteiger partial charge in [0.25, 0.3) is 0 Å². The average molecular weight is 270 g/mol. The summed E-state index contributed by atoms with van der Waals surface area (Å²) >= 11 is 0. The van der Waals surface area contributed by atoms with Gasteiger partial charge in [-0.25, -0.2) is 4.98 Å². The molecule has 3 heterocycles. The molecule has 0 spiro atoms. The van der Waals surface area contributed by atoms with Crippen LogP contribution in [0.4, 0.5) is 5.95 Å². The van der Waals surface area contributed by atoms with Gasteiger partial charge in [-0.3, -0.25) is 0 Å². The van der Waals surface area contributed by atoms with Crippen molar-refractivity contribution in [2.45, 2.75) is 19.7 Å². The molecule has 7 nitrogen and oxygen atoms in total. The maximum absolute atomic E-state index is 5.35. The maximum Gasteiger partial charge on any atom is 0.201 e. The summed E-state index contributed by atoms with van der Waals surface area (Å²) in [5.74, 6) is 2.54. The molecular weight excluding hydrogens is 256 g/mol. The molecule has 0 unspecified atom stereocenters. The van der Waals surface area contributed by atoms with Gasteiger partial charge in [0.15, 0.2) is 11.6 Å². The molecule has 0 saturated carbocycles. The molecule has 0 fully saturated rings. The number of ether oxygens (including phenoxy) is 1. The van der Waals surface area contributed by atoms with Crippen LogP contribution in [0.5, 0.6) is 0 Å². The summed E-state index contributed by atoms with van der Waals surface area (Å²) in [6, 6.07) is 7.94. The quantitative estimate of drug-likeness (QED) is 0.749. The molecular formula is C13H14N6O. The van der Waals surface area contributed by atoms with Crippen molar-refractivity contribution in [2.75, 3.05) is 11.9 Å². The first-order valence-electron chi connectivity index (χ1n) is 6.57. The van der Waals surface area contributed by atoms with Crippen LogP contribution in [0.25, 0.3) is 11.0 Å². The summed E-state index contributed by atoms with van der Waals surface area (Å²) in [7, 11) is 0. The molecule has 1 aliphatic heterocycles. The van der Waals surface area contributed by atoms with Crippen LogP contribution in [0.2, 0.25) is 0 Å². The van der Waals surface area contributed by atoms with Crippen molar-refractivity contribution in [3.63, 3.8) is 0 Å². The number of hydrogen-bond donors (Lipinski definition) is 2. The molecule has 1 aromatic carbocycles. The summed E-state index contributed by atoms with van der Waals surface area (Å²) in [6.45, 7) is 2.65. The Bertz CT molecular complexity index is 713. The summed E-state index contributed by atoms with van der Waals surface area (Å²) in [5.41, 5.74) is 1.97. The normalized spacial score (nSPS) is 14.4. The highest BCUT2D eigenvalue weighted by Crippen LogP contribution is 2.15. The fraction of sp³-hybridized carbons (Fsp3) is 0.308. The number of fused-ring (bicyclic) bond motifs is 2. The highest BCUT2D eigenvalue weighted by molar-refractivity contribution is 5.77. The number of aromatic amines is 1. The third-order valence-corrected chi connectivity index (χ3v) is 3.40. The predicted molar refractivity (Wildman–Crippen MR) is 73.1 cm³/mol. The van der Waals surface area contributed by atoms with Crippen molar-refractivity contribution < 1.29 is 4.74 Å². The molecule has 2 aromatic heterocycles. The zero-order valence-corrected chi connectivity index (χ0v) is 10.8. The van der Waals surface area contributed by atoms with E-state index in [9.17, 15) is 0 Å². The van der Waals surface area contributed by atoms with Crippen LogP contribution in [0.3, 0.4) is 0 Å². The Morgan fingerprint density at radius 2 is 2.25 bits per heavy atom. The molecule has 1 aliphatic rings. The molecule has 0 amide bonds. The van der Waals surface area contributed by atoms with Crippen LogP contribution >= 0.6 is 0 Å². The fourth-order valence-electron chi connectivity index (χ4n) is 2.39. The molecule has 0 radical (unpaired) electrons. The van der Waals surface area contributed by atoms with Gasteiger partial charge in [-0.15, -0.1) is 10.2 Å². The lowest BCUT2D eigenvalue weighted by molar-refractivity contribution is 0.0807. The molecule has 0 aliphatic carbocycles. The molecule has 3 aromatic rings. The Balaban J connectivity index is 1.54. The number of hydrogen-bond acceptors (Lipinski definition) is 5. The standard InChI is InChI=1S/C13H14N6O/c1-2-4-10-9(3-1)15-13(16-10)14-7-11-17-18-12-8-20-6-5-19(11)12/h1-4H,5-8H2,(H2,14,15,16). The Labute approximate surface area is 115 Å². The Morgan fingerprint density at radius 1 is 1.30 bits per heavy atom. The van der Waals surface area contributed by atoms with Gasteiger partial charge >= 0.3 is 0 Å². The Morgan fingerprint density at radius 3 is 3.20 bits per heavy atom. The topological polar surface area (TPSA) is 80.7 Å².